The van der Waals surface area contributed by atoms with Gasteiger partial charge in [-0.3, -0.25) is 0 Å². The zero-order valence-corrected chi connectivity index (χ0v) is 6.27. The summed E-state index contributed by atoms with van der Waals surface area (Å²) in [5, 5.41) is 12.7. The van der Waals surface area contributed by atoms with E-state index in [2.05, 4.69) is 5.32 Å². The molecular weight excluding hydrogens is 126 g/mol. The molecule has 0 aromatic heterocycles. The number of rotatable bonds is 0. The van der Waals surface area contributed by atoms with Gasteiger partial charge in [-0.15, -0.1) is 0 Å². The lowest BCUT2D eigenvalue weighted by atomic mass is 9.95. The Labute approximate surface area is 61.6 Å². The minimum Gasteiger partial charge on any atom is -0.392 e. The monoisotopic (exact) mass is 141 g/mol. The Hall–Kier alpha value is -0.0800. The van der Waals surface area contributed by atoms with Crippen LogP contribution in [0.4, 0.5) is 0 Å². The van der Waals surface area contributed by atoms with E-state index in [9.17, 15) is 5.11 Å². The standard InChI is InChI=1S/C8H15NO/c10-7-5-8(9-6-7)3-1-2-4-8/h7,9-10H,1-6H2. The second-order valence-corrected chi connectivity index (χ2v) is 3.73. The molecule has 0 aromatic carbocycles. The zero-order valence-electron chi connectivity index (χ0n) is 6.27. The molecule has 1 spiro atoms. The van der Waals surface area contributed by atoms with Gasteiger partial charge in [-0.25, -0.2) is 0 Å². The maximum absolute atomic E-state index is 9.29. The van der Waals surface area contributed by atoms with E-state index in [1.807, 2.05) is 0 Å². The summed E-state index contributed by atoms with van der Waals surface area (Å²) >= 11 is 0. The fourth-order valence-corrected chi connectivity index (χ4v) is 2.36. The first kappa shape index (κ1) is 6.62. The molecule has 0 amide bonds. The largest absolute Gasteiger partial charge is 0.392 e. The highest BCUT2D eigenvalue weighted by Crippen LogP contribution is 2.36. The topological polar surface area (TPSA) is 32.3 Å². The molecule has 2 fully saturated rings. The van der Waals surface area contributed by atoms with Gasteiger partial charge < -0.3 is 10.4 Å². The van der Waals surface area contributed by atoms with E-state index in [1.54, 1.807) is 0 Å². The van der Waals surface area contributed by atoms with Crippen molar-refractivity contribution in [2.75, 3.05) is 6.54 Å². The van der Waals surface area contributed by atoms with Crippen LogP contribution in [-0.2, 0) is 0 Å². The summed E-state index contributed by atoms with van der Waals surface area (Å²) in [4.78, 5) is 0. The van der Waals surface area contributed by atoms with Crippen LogP contribution >= 0.6 is 0 Å². The van der Waals surface area contributed by atoms with Gasteiger partial charge in [0.2, 0.25) is 0 Å². The van der Waals surface area contributed by atoms with Crippen molar-refractivity contribution in [3.05, 3.63) is 0 Å². The van der Waals surface area contributed by atoms with Crippen LogP contribution in [0.1, 0.15) is 32.1 Å². The predicted molar refractivity (Wildman–Crippen MR) is 39.8 cm³/mol. The minimum absolute atomic E-state index is 0.0712. The molecule has 1 aliphatic carbocycles. The molecule has 2 aliphatic rings. The van der Waals surface area contributed by atoms with E-state index >= 15 is 0 Å². The van der Waals surface area contributed by atoms with Crippen molar-refractivity contribution in [1.29, 1.82) is 0 Å². The summed E-state index contributed by atoms with van der Waals surface area (Å²) in [7, 11) is 0. The molecule has 1 saturated heterocycles. The molecule has 1 heterocycles. The number of aliphatic hydroxyl groups excluding tert-OH is 1. The number of β-amino-alcohol motifs (C(OH)–C–C–N with tert-alkyl or cyclic N) is 1. The van der Waals surface area contributed by atoms with E-state index in [-0.39, 0.29) is 6.10 Å². The summed E-state index contributed by atoms with van der Waals surface area (Å²) in [6.07, 6.45) is 6.18. The SMILES string of the molecule is OC1CNC2(CCCC2)C1. The molecule has 1 atom stereocenters. The maximum Gasteiger partial charge on any atom is 0.0682 e. The van der Waals surface area contributed by atoms with Crippen molar-refractivity contribution >= 4 is 0 Å². The van der Waals surface area contributed by atoms with Gasteiger partial charge in [0.15, 0.2) is 0 Å². The summed E-state index contributed by atoms with van der Waals surface area (Å²) in [5.74, 6) is 0. The van der Waals surface area contributed by atoms with Crippen molar-refractivity contribution < 1.29 is 5.11 Å². The summed E-state index contributed by atoms with van der Waals surface area (Å²) < 4.78 is 0. The van der Waals surface area contributed by atoms with Crippen LogP contribution in [0, 0.1) is 0 Å². The van der Waals surface area contributed by atoms with Gasteiger partial charge in [0, 0.05) is 12.1 Å². The highest BCUT2D eigenvalue weighted by molar-refractivity contribution is 4.99. The highest BCUT2D eigenvalue weighted by atomic mass is 16.3. The molecule has 1 unspecified atom stereocenters. The molecule has 0 aromatic rings. The van der Waals surface area contributed by atoms with Crippen LogP contribution in [0.25, 0.3) is 0 Å². The molecule has 2 N–H and O–H groups in total. The minimum atomic E-state index is -0.0712. The second-order valence-electron chi connectivity index (χ2n) is 3.73. The molecule has 0 radical (unpaired) electrons. The van der Waals surface area contributed by atoms with Crippen LogP contribution in [0.5, 0.6) is 0 Å². The van der Waals surface area contributed by atoms with Crippen molar-refractivity contribution in [1.82, 2.24) is 5.32 Å². The van der Waals surface area contributed by atoms with Gasteiger partial charge in [0.25, 0.3) is 0 Å². The van der Waals surface area contributed by atoms with Gasteiger partial charge in [-0.2, -0.15) is 0 Å². The predicted octanol–water partition coefficient (Wildman–Crippen LogP) is 0.653. The fraction of sp³-hybridized carbons (Fsp3) is 1.00. The van der Waals surface area contributed by atoms with Gasteiger partial charge in [-0.1, -0.05) is 12.8 Å². The average Bonchev–Trinajstić information content (AvgIpc) is 2.46. The number of aliphatic hydroxyl groups is 1. The fourth-order valence-electron chi connectivity index (χ4n) is 2.36. The number of nitrogens with one attached hydrogen (secondary N) is 1. The van der Waals surface area contributed by atoms with Crippen LogP contribution in [0.2, 0.25) is 0 Å². The van der Waals surface area contributed by atoms with E-state index in [0.717, 1.165) is 13.0 Å². The molecule has 58 valence electrons. The quantitative estimate of drug-likeness (QED) is 0.519. The van der Waals surface area contributed by atoms with Gasteiger partial charge in [-0.05, 0) is 19.3 Å². The van der Waals surface area contributed by atoms with Crippen molar-refractivity contribution in [2.45, 2.75) is 43.7 Å². The highest BCUT2D eigenvalue weighted by Gasteiger charge is 2.39. The smallest absolute Gasteiger partial charge is 0.0682 e. The van der Waals surface area contributed by atoms with Gasteiger partial charge >= 0.3 is 0 Å². The van der Waals surface area contributed by atoms with Gasteiger partial charge in [0.1, 0.15) is 0 Å². The van der Waals surface area contributed by atoms with E-state index in [4.69, 9.17) is 0 Å². The number of hydrogen-bond acceptors (Lipinski definition) is 2. The lowest BCUT2D eigenvalue weighted by Gasteiger charge is -2.22. The Morgan fingerprint density at radius 1 is 1.30 bits per heavy atom. The summed E-state index contributed by atoms with van der Waals surface area (Å²) in [6.45, 7) is 0.819. The Bertz CT molecular complexity index is 129. The third-order valence-corrected chi connectivity index (χ3v) is 2.90. The maximum atomic E-state index is 9.29. The molecule has 0 bridgehead atoms. The zero-order chi connectivity index (χ0) is 7.03. The molecule has 2 heteroatoms. The molecule has 2 rings (SSSR count). The average molecular weight is 141 g/mol. The first-order valence-corrected chi connectivity index (χ1v) is 4.24. The van der Waals surface area contributed by atoms with Gasteiger partial charge in [0.05, 0.1) is 6.10 Å². The normalized spacial score (nSPS) is 37.5. The van der Waals surface area contributed by atoms with Crippen LogP contribution in [0.3, 0.4) is 0 Å². The Morgan fingerprint density at radius 3 is 2.50 bits per heavy atom. The van der Waals surface area contributed by atoms with Crippen LogP contribution < -0.4 is 5.32 Å². The van der Waals surface area contributed by atoms with E-state index < -0.39 is 0 Å². The Balaban J connectivity index is 2.03. The first-order chi connectivity index (χ1) is 4.81. The Morgan fingerprint density at radius 2 is 2.00 bits per heavy atom. The van der Waals surface area contributed by atoms with Crippen molar-refractivity contribution in [3.63, 3.8) is 0 Å². The van der Waals surface area contributed by atoms with E-state index in [0.29, 0.717) is 5.54 Å². The molecule has 1 saturated carbocycles. The first-order valence-electron chi connectivity index (χ1n) is 4.24. The third kappa shape index (κ3) is 0.956. The second kappa shape index (κ2) is 2.21. The Kier molecular flexibility index (Phi) is 1.46. The van der Waals surface area contributed by atoms with E-state index in [1.165, 1.54) is 25.7 Å². The molecule has 1 aliphatic heterocycles. The van der Waals surface area contributed by atoms with Crippen LogP contribution in [0.15, 0.2) is 0 Å². The summed E-state index contributed by atoms with van der Waals surface area (Å²) in [5.41, 5.74) is 0.361. The summed E-state index contributed by atoms with van der Waals surface area (Å²) in [6, 6.07) is 0. The molecule has 10 heavy (non-hydrogen) atoms. The van der Waals surface area contributed by atoms with Crippen LogP contribution in [-0.4, -0.2) is 23.3 Å². The molecular formula is C8H15NO. The van der Waals surface area contributed by atoms with Crippen molar-refractivity contribution in [3.8, 4) is 0 Å². The lowest BCUT2D eigenvalue weighted by Crippen LogP contribution is -2.35. The lowest BCUT2D eigenvalue weighted by molar-refractivity contribution is 0.184. The number of hydrogen-bond donors (Lipinski definition) is 2. The van der Waals surface area contributed by atoms with Crippen molar-refractivity contribution in [2.24, 2.45) is 0 Å². The molecule has 2 nitrogen and oxygen atoms in total. The third-order valence-electron chi connectivity index (χ3n) is 2.90.